The van der Waals surface area contributed by atoms with E-state index in [0.29, 0.717) is 36.4 Å². The van der Waals surface area contributed by atoms with Crippen LogP contribution in [0.4, 0.5) is 0 Å². The number of fused-ring (bicyclic) bond motifs is 5. The van der Waals surface area contributed by atoms with Crippen LogP contribution in [0.1, 0.15) is 65.7 Å². The van der Waals surface area contributed by atoms with Crippen LogP contribution in [0, 0.1) is 28.6 Å². The standard InChI is InChI=1S/C22H28O4/c1-12-11-14-15-5-6-18(25)21(15,3)9-7-16(14)22(4)10-8-17(24)20(19(12)22)26-13(2)23/h14-16H,1,5-11H2,2-4H3/t14-,15-,16+,21-,22+/m0/s1. The SMILES string of the molecule is C=C1C[C@@H]2[C@@H](CC[C@]3(C)C(=O)CC[C@@H]23)[C@@]2(C)CCC(=O)C(OC(C)=O)=C12. The van der Waals surface area contributed by atoms with E-state index < -0.39 is 5.97 Å². The van der Waals surface area contributed by atoms with Gasteiger partial charge >= 0.3 is 5.97 Å². The fraction of sp³-hybridized carbons (Fsp3) is 0.682. The molecular formula is C22H28O4. The molecule has 0 saturated heterocycles. The Labute approximate surface area is 155 Å². The molecule has 0 aromatic rings. The zero-order valence-electron chi connectivity index (χ0n) is 16.0. The third-order valence-corrected chi connectivity index (χ3v) is 7.97. The fourth-order valence-electron chi connectivity index (χ4n) is 6.72. The summed E-state index contributed by atoms with van der Waals surface area (Å²) in [6.07, 6.45) is 5.62. The van der Waals surface area contributed by atoms with Gasteiger partial charge in [-0.05, 0) is 55.4 Å². The van der Waals surface area contributed by atoms with Crippen molar-refractivity contribution in [3.8, 4) is 0 Å². The van der Waals surface area contributed by atoms with Gasteiger partial charge in [-0.15, -0.1) is 0 Å². The number of allylic oxidation sites excluding steroid dienone is 2. The second kappa shape index (κ2) is 5.64. The molecule has 0 aromatic heterocycles. The van der Waals surface area contributed by atoms with Crippen molar-refractivity contribution in [1.82, 2.24) is 0 Å². The summed E-state index contributed by atoms with van der Waals surface area (Å²) in [6, 6.07) is 0. The number of esters is 1. The summed E-state index contributed by atoms with van der Waals surface area (Å²) >= 11 is 0. The van der Waals surface area contributed by atoms with Crippen LogP contribution >= 0.6 is 0 Å². The van der Waals surface area contributed by atoms with Gasteiger partial charge < -0.3 is 4.74 Å². The highest BCUT2D eigenvalue weighted by Gasteiger charge is 2.60. The zero-order valence-corrected chi connectivity index (χ0v) is 16.0. The van der Waals surface area contributed by atoms with Crippen molar-refractivity contribution in [2.75, 3.05) is 0 Å². The van der Waals surface area contributed by atoms with E-state index in [1.54, 1.807) is 0 Å². The highest BCUT2D eigenvalue weighted by molar-refractivity contribution is 5.98. The van der Waals surface area contributed by atoms with Crippen LogP contribution in [-0.2, 0) is 19.1 Å². The van der Waals surface area contributed by atoms with Crippen LogP contribution in [0.2, 0.25) is 0 Å². The molecule has 0 unspecified atom stereocenters. The Hall–Kier alpha value is -1.71. The van der Waals surface area contributed by atoms with Gasteiger partial charge in [-0.2, -0.15) is 0 Å². The van der Waals surface area contributed by atoms with Gasteiger partial charge in [0.25, 0.3) is 0 Å². The molecule has 5 atom stereocenters. The van der Waals surface area contributed by atoms with Crippen molar-refractivity contribution in [2.24, 2.45) is 28.6 Å². The number of Topliss-reactive ketones (excluding diaryl/α,β-unsaturated/α-hetero) is 2. The molecule has 0 radical (unpaired) electrons. The summed E-state index contributed by atoms with van der Waals surface area (Å²) < 4.78 is 5.39. The van der Waals surface area contributed by atoms with Crippen molar-refractivity contribution in [3.63, 3.8) is 0 Å². The summed E-state index contributed by atoms with van der Waals surface area (Å²) in [5.74, 6) is 1.42. The summed E-state index contributed by atoms with van der Waals surface area (Å²) in [6.45, 7) is 10.0. The summed E-state index contributed by atoms with van der Waals surface area (Å²) in [7, 11) is 0. The quantitative estimate of drug-likeness (QED) is 0.662. The van der Waals surface area contributed by atoms with Crippen LogP contribution in [0.15, 0.2) is 23.5 Å². The first-order chi connectivity index (χ1) is 12.2. The minimum absolute atomic E-state index is 0.0797. The van der Waals surface area contributed by atoms with E-state index in [1.165, 1.54) is 6.92 Å². The van der Waals surface area contributed by atoms with Crippen molar-refractivity contribution in [1.29, 1.82) is 0 Å². The van der Waals surface area contributed by atoms with E-state index in [4.69, 9.17) is 4.74 Å². The average Bonchev–Trinajstić information content (AvgIpc) is 2.86. The Morgan fingerprint density at radius 1 is 1.08 bits per heavy atom. The van der Waals surface area contributed by atoms with Crippen LogP contribution in [0.3, 0.4) is 0 Å². The minimum Gasteiger partial charge on any atom is -0.423 e. The molecule has 4 aliphatic rings. The second-order valence-corrected chi connectivity index (χ2v) is 9.24. The van der Waals surface area contributed by atoms with Gasteiger partial charge in [0, 0.05) is 36.2 Å². The van der Waals surface area contributed by atoms with Gasteiger partial charge in [-0.3, -0.25) is 14.4 Å². The number of carbonyl (C=O) groups excluding carboxylic acids is 3. The maximum atomic E-state index is 12.5. The van der Waals surface area contributed by atoms with Crippen LogP contribution in [0.5, 0.6) is 0 Å². The van der Waals surface area contributed by atoms with Gasteiger partial charge in [0.2, 0.25) is 0 Å². The van der Waals surface area contributed by atoms with Gasteiger partial charge in [0.15, 0.2) is 11.5 Å². The van der Waals surface area contributed by atoms with Crippen molar-refractivity contribution >= 4 is 17.5 Å². The zero-order chi connectivity index (χ0) is 18.9. The lowest BCUT2D eigenvalue weighted by Crippen LogP contribution is -2.51. The first kappa shape index (κ1) is 17.7. The molecule has 4 nitrogen and oxygen atoms in total. The number of rotatable bonds is 1. The van der Waals surface area contributed by atoms with E-state index in [9.17, 15) is 14.4 Å². The van der Waals surface area contributed by atoms with Crippen molar-refractivity contribution in [3.05, 3.63) is 23.5 Å². The maximum Gasteiger partial charge on any atom is 0.308 e. The Morgan fingerprint density at radius 3 is 2.46 bits per heavy atom. The molecule has 4 heteroatoms. The van der Waals surface area contributed by atoms with Gasteiger partial charge in [0.1, 0.15) is 5.78 Å². The highest BCUT2D eigenvalue weighted by Crippen LogP contribution is 2.65. The fourth-order valence-corrected chi connectivity index (χ4v) is 6.72. The van der Waals surface area contributed by atoms with E-state index in [1.807, 2.05) is 0 Å². The first-order valence-corrected chi connectivity index (χ1v) is 9.86. The van der Waals surface area contributed by atoms with Gasteiger partial charge in [-0.1, -0.05) is 20.4 Å². The molecule has 4 rings (SSSR count). The number of hydrogen-bond donors (Lipinski definition) is 0. The Morgan fingerprint density at radius 2 is 1.77 bits per heavy atom. The second-order valence-electron chi connectivity index (χ2n) is 9.24. The molecule has 3 fully saturated rings. The summed E-state index contributed by atoms with van der Waals surface area (Å²) in [4.78, 5) is 36.6. The number of ether oxygens (including phenoxy) is 1. The summed E-state index contributed by atoms with van der Waals surface area (Å²) in [5, 5.41) is 0. The molecule has 26 heavy (non-hydrogen) atoms. The smallest absolute Gasteiger partial charge is 0.308 e. The Bertz CT molecular complexity index is 760. The molecule has 0 heterocycles. The molecule has 4 aliphatic carbocycles. The lowest BCUT2D eigenvalue weighted by molar-refractivity contribution is -0.142. The van der Waals surface area contributed by atoms with E-state index >= 15 is 0 Å². The van der Waals surface area contributed by atoms with E-state index in [-0.39, 0.29) is 22.4 Å². The molecular weight excluding hydrogens is 328 g/mol. The minimum atomic E-state index is -0.447. The number of hydrogen-bond acceptors (Lipinski definition) is 4. The third kappa shape index (κ3) is 2.23. The molecule has 0 aliphatic heterocycles. The van der Waals surface area contributed by atoms with Gasteiger partial charge in [0.05, 0.1) is 0 Å². The Balaban J connectivity index is 1.79. The topological polar surface area (TPSA) is 60.4 Å². The Kier molecular flexibility index (Phi) is 3.84. The predicted octanol–water partition coefficient (Wildman–Crippen LogP) is 4.14. The number of carbonyl (C=O) groups is 3. The van der Waals surface area contributed by atoms with Crippen molar-refractivity contribution < 1.29 is 19.1 Å². The monoisotopic (exact) mass is 356 g/mol. The third-order valence-electron chi connectivity index (χ3n) is 7.97. The van der Waals surface area contributed by atoms with Crippen LogP contribution < -0.4 is 0 Å². The molecule has 0 amide bonds. The molecule has 0 aromatic carbocycles. The maximum absolute atomic E-state index is 12.5. The molecule has 140 valence electrons. The van der Waals surface area contributed by atoms with E-state index in [2.05, 4.69) is 20.4 Å². The molecule has 3 saturated carbocycles. The molecule has 0 spiro atoms. The first-order valence-electron chi connectivity index (χ1n) is 9.86. The highest BCUT2D eigenvalue weighted by atomic mass is 16.5. The average molecular weight is 356 g/mol. The predicted molar refractivity (Wildman–Crippen MR) is 96.9 cm³/mol. The molecule has 0 N–H and O–H groups in total. The number of ketones is 2. The van der Waals surface area contributed by atoms with Gasteiger partial charge in [-0.25, -0.2) is 0 Å². The lowest BCUT2D eigenvalue weighted by Gasteiger charge is -2.57. The van der Waals surface area contributed by atoms with Crippen molar-refractivity contribution in [2.45, 2.75) is 65.7 Å². The van der Waals surface area contributed by atoms with Crippen LogP contribution in [0.25, 0.3) is 0 Å². The largest absolute Gasteiger partial charge is 0.423 e. The lowest BCUT2D eigenvalue weighted by atomic mass is 9.46. The van der Waals surface area contributed by atoms with E-state index in [0.717, 1.165) is 43.3 Å². The normalized spacial score (nSPS) is 42.3. The summed E-state index contributed by atoms with van der Waals surface area (Å²) in [5.41, 5.74) is 1.45. The molecule has 0 bridgehead atoms. The van der Waals surface area contributed by atoms with Crippen LogP contribution in [-0.4, -0.2) is 17.5 Å².